The summed E-state index contributed by atoms with van der Waals surface area (Å²) in [6.45, 7) is 7.38. The van der Waals surface area contributed by atoms with E-state index in [0.717, 1.165) is 26.7 Å². The highest BCUT2D eigenvalue weighted by molar-refractivity contribution is 8.04. The van der Waals surface area contributed by atoms with Gasteiger partial charge in [0.05, 0.1) is 18.1 Å². The summed E-state index contributed by atoms with van der Waals surface area (Å²) in [7, 11) is 0. The highest BCUT2D eigenvalue weighted by Crippen LogP contribution is 2.41. The lowest BCUT2D eigenvalue weighted by molar-refractivity contribution is 0.104. The van der Waals surface area contributed by atoms with E-state index in [0.29, 0.717) is 24.9 Å². The van der Waals surface area contributed by atoms with Crippen molar-refractivity contribution in [2.75, 3.05) is 13.2 Å². The van der Waals surface area contributed by atoms with E-state index in [1.165, 1.54) is 11.8 Å². The van der Waals surface area contributed by atoms with E-state index in [9.17, 15) is 4.79 Å². The van der Waals surface area contributed by atoms with Gasteiger partial charge in [0.15, 0.2) is 11.5 Å². The number of hydrogen-bond donors (Lipinski definition) is 0. The number of benzene rings is 2. The lowest BCUT2D eigenvalue weighted by atomic mass is 10.1. The van der Waals surface area contributed by atoms with Gasteiger partial charge in [-0.2, -0.15) is 0 Å². The Morgan fingerprint density at radius 2 is 1.88 bits per heavy atom. The maximum Gasteiger partial charge on any atom is 0.200 e. The summed E-state index contributed by atoms with van der Waals surface area (Å²) in [4.78, 5) is 14.3. The zero-order valence-electron chi connectivity index (χ0n) is 14.7. The van der Waals surface area contributed by atoms with Gasteiger partial charge in [-0.3, -0.25) is 4.79 Å². The molecule has 3 nitrogen and oxygen atoms in total. The van der Waals surface area contributed by atoms with Crippen LogP contribution in [0.1, 0.15) is 36.7 Å². The number of ether oxygens (including phenoxy) is 2. The SMILES string of the molecule is CCOc1cc(/C=C2/Sc3ccccc3C2=O)ccc1OCC(C)C. The van der Waals surface area contributed by atoms with Crippen molar-refractivity contribution in [3.63, 3.8) is 0 Å². The predicted octanol–water partition coefficient (Wildman–Crippen LogP) is 5.45. The topological polar surface area (TPSA) is 35.5 Å². The molecule has 0 fully saturated rings. The van der Waals surface area contributed by atoms with Crippen LogP contribution >= 0.6 is 11.8 Å². The Morgan fingerprint density at radius 3 is 2.60 bits per heavy atom. The third kappa shape index (κ3) is 4.07. The van der Waals surface area contributed by atoms with Crippen molar-refractivity contribution >= 4 is 23.6 Å². The van der Waals surface area contributed by atoms with Crippen LogP contribution in [0.15, 0.2) is 52.3 Å². The largest absolute Gasteiger partial charge is 0.490 e. The second-order valence-electron chi connectivity index (χ2n) is 6.28. The van der Waals surface area contributed by atoms with Crippen molar-refractivity contribution in [2.45, 2.75) is 25.7 Å². The molecule has 130 valence electrons. The van der Waals surface area contributed by atoms with Gasteiger partial charge in [0.2, 0.25) is 5.78 Å². The Kier molecular flexibility index (Phi) is 5.49. The molecule has 0 N–H and O–H groups in total. The van der Waals surface area contributed by atoms with Crippen LogP contribution in [0.3, 0.4) is 0 Å². The van der Waals surface area contributed by atoms with Crippen LogP contribution in [0.4, 0.5) is 0 Å². The molecule has 0 unspecified atom stereocenters. The van der Waals surface area contributed by atoms with Crippen molar-refractivity contribution in [2.24, 2.45) is 5.92 Å². The average molecular weight is 354 g/mol. The molecule has 0 atom stereocenters. The number of rotatable bonds is 6. The van der Waals surface area contributed by atoms with E-state index in [2.05, 4.69) is 13.8 Å². The summed E-state index contributed by atoms with van der Waals surface area (Å²) in [6.07, 6.45) is 1.92. The third-order valence-electron chi connectivity index (χ3n) is 3.71. The average Bonchev–Trinajstić information content (AvgIpc) is 2.91. The number of fused-ring (bicyclic) bond motifs is 1. The second kappa shape index (κ2) is 7.79. The van der Waals surface area contributed by atoms with Gasteiger partial charge in [-0.05, 0) is 48.7 Å². The first-order valence-corrected chi connectivity index (χ1v) is 9.33. The Labute approximate surface area is 153 Å². The van der Waals surface area contributed by atoms with Gasteiger partial charge in [0, 0.05) is 10.5 Å². The van der Waals surface area contributed by atoms with Gasteiger partial charge in [-0.25, -0.2) is 0 Å². The van der Waals surface area contributed by atoms with E-state index in [1.807, 2.05) is 55.5 Å². The number of Topliss-reactive ketones (excluding diaryl/α,β-unsaturated/α-hetero) is 1. The molecule has 0 radical (unpaired) electrons. The molecule has 3 rings (SSSR count). The summed E-state index contributed by atoms with van der Waals surface area (Å²) >= 11 is 1.52. The van der Waals surface area contributed by atoms with E-state index in [-0.39, 0.29) is 5.78 Å². The van der Waals surface area contributed by atoms with Crippen molar-refractivity contribution < 1.29 is 14.3 Å². The number of allylic oxidation sites excluding steroid dienone is 1. The molecule has 1 aliphatic rings. The number of hydrogen-bond acceptors (Lipinski definition) is 4. The smallest absolute Gasteiger partial charge is 0.200 e. The Balaban J connectivity index is 1.86. The van der Waals surface area contributed by atoms with E-state index in [4.69, 9.17) is 9.47 Å². The van der Waals surface area contributed by atoms with Gasteiger partial charge in [0.1, 0.15) is 0 Å². The van der Waals surface area contributed by atoms with Gasteiger partial charge < -0.3 is 9.47 Å². The Hall–Kier alpha value is -2.20. The van der Waals surface area contributed by atoms with E-state index < -0.39 is 0 Å². The standard InChI is InChI=1S/C21H22O3S/c1-4-23-18-11-15(9-10-17(18)24-13-14(2)3)12-20-21(22)16-7-5-6-8-19(16)25-20/h5-12,14H,4,13H2,1-3H3/b20-12+. The van der Waals surface area contributed by atoms with Crippen molar-refractivity contribution in [1.29, 1.82) is 0 Å². The summed E-state index contributed by atoms with van der Waals surface area (Å²) < 4.78 is 11.5. The van der Waals surface area contributed by atoms with Crippen LogP contribution in [-0.4, -0.2) is 19.0 Å². The fraction of sp³-hybridized carbons (Fsp3) is 0.286. The van der Waals surface area contributed by atoms with Crippen LogP contribution in [0.5, 0.6) is 11.5 Å². The molecule has 0 amide bonds. The van der Waals surface area contributed by atoms with Crippen LogP contribution in [0.25, 0.3) is 6.08 Å². The van der Waals surface area contributed by atoms with E-state index in [1.54, 1.807) is 0 Å². The minimum atomic E-state index is 0.0821. The highest BCUT2D eigenvalue weighted by Gasteiger charge is 2.25. The van der Waals surface area contributed by atoms with Crippen molar-refractivity contribution in [3.05, 3.63) is 58.5 Å². The maximum absolute atomic E-state index is 12.5. The summed E-state index contributed by atoms with van der Waals surface area (Å²) in [5, 5.41) is 0. The first kappa shape index (κ1) is 17.6. The molecular formula is C21H22O3S. The second-order valence-corrected chi connectivity index (χ2v) is 7.36. The molecule has 0 saturated carbocycles. The number of carbonyl (C=O) groups is 1. The molecule has 0 saturated heterocycles. The molecule has 0 bridgehead atoms. The third-order valence-corrected chi connectivity index (χ3v) is 4.81. The molecule has 25 heavy (non-hydrogen) atoms. The lowest BCUT2D eigenvalue weighted by Gasteiger charge is -2.14. The Morgan fingerprint density at radius 1 is 1.08 bits per heavy atom. The number of carbonyl (C=O) groups excluding carboxylic acids is 1. The molecule has 1 heterocycles. The van der Waals surface area contributed by atoms with Crippen LogP contribution in [0.2, 0.25) is 0 Å². The van der Waals surface area contributed by atoms with Gasteiger partial charge in [0.25, 0.3) is 0 Å². The molecule has 0 aliphatic carbocycles. The van der Waals surface area contributed by atoms with Gasteiger partial charge >= 0.3 is 0 Å². The van der Waals surface area contributed by atoms with Crippen molar-refractivity contribution in [1.82, 2.24) is 0 Å². The fourth-order valence-corrected chi connectivity index (χ4v) is 3.60. The quantitative estimate of drug-likeness (QED) is 0.646. The first-order valence-electron chi connectivity index (χ1n) is 8.51. The molecule has 0 aromatic heterocycles. The van der Waals surface area contributed by atoms with Crippen LogP contribution < -0.4 is 9.47 Å². The minimum absolute atomic E-state index is 0.0821. The summed E-state index contributed by atoms with van der Waals surface area (Å²) in [5.74, 6) is 1.98. The molecule has 4 heteroatoms. The first-order chi connectivity index (χ1) is 12.1. The summed E-state index contributed by atoms with van der Waals surface area (Å²) in [6, 6.07) is 13.5. The molecule has 0 spiro atoms. The van der Waals surface area contributed by atoms with Crippen molar-refractivity contribution in [3.8, 4) is 11.5 Å². The fourth-order valence-electron chi connectivity index (χ4n) is 2.55. The van der Waals surface area contributed by atoms with Crippen LogP contribution in [0, 0.1) is 5.92 Å². The zero-order valence-corrected chi connectivity index (χ0v) is 15.6. The molecular weight excluding hydrogens is 332 g/mol. The van der Waals surface area contributed by atoms with Crippen LogP contribution in [-0.2, 0) is 0 Å². The maximum atomic E-state index is 12.5. The van der Waals surface area contributed by atoms with E-state index >= 15 is 0 Å². The van der Waals surface area contributed by atoms with Gasteiger partial charge in [-0.15, -0.1) is 0 Å². The highest BCUT2D eigenvalue weighted by atomic mass is 32.2. The number of thioether (sulfide) groups is 1. The number of ketones is 1. The lowest BCUT2D eigenvalue weighted by Crippen LogP contribution is -2.06. The predicted molar refractivity (Wildman–Crippen MR) is 103 cm³/mol. The molecule has 2 aromatic carbocycles. The molecule has 1 aliphatic heterocycles. The molecule has 2 aromatic rings. The zero-order chi connectivity index (χ0) is 17.8. The van der Waals surface area contributed by atoms with Gasteiger partial charge in [-0.1, -0.05) is 43.8 Å². The Bertz CT molecular complexity index is 809. The normalized spacial score (nSPS) is 14.9. The minimum Gasteiger partial charge on any atom is -0.490 e. The monoisotopic (exact) mass is 354 g/mol. The summed E-state index contributed by atoms with van der Waals surface area (Å²) in [5.41, 5.74) is 1.71.